The minimum absolute atomic E-state index is 0.317. The first-order valence-corrected chi connectivity index (χ1v) is 6.98. The van der Waals surface area contributed by atoms with E-state index >= 15 is 0 Å². The molecule has 1 aliphatic rings. The maximum absolute atomic E-state index is 9.99. The number of aryl methyl sites for hydroxylation is 1. The van der Waals surface area contributed by atoms with Crippen molar-refractivity contribution in [2.24, 2.45) is 0 Å². The molecular weight excluding hydrogens is 240 g/mol. The van der Waals surface area contributed by atoms with Gasteiger partial charge in [-0.25, -0.2) is 0 Å². The summed E-state index contributed by atoms with van der Waals surface area (Å²) in [6.45, 7) is 7.67. The summed E-state index contributed by atoms with van der Waals surface area (Å²) < 4.78 is 5.29. The Kier molecular flexibility index (Phi) is 5.79. The molecule has 2 N–H and O–H groups in total. The lowest BCUT2D eigenvalue weighted by molar-refractivity contribution is 0.0149. The van der Waals surface area contributed by atoms with Crippen molar-refractivity contribution >= 4 is 0 Å². The number of nitrogens with one attached hydrogen (secondary N) is 1. The molecule has 0 aliphatic carbocycles. The van der Waals surface area contributed by atoms with E-state index in [9.17, 15) is 5.11 Å². The number of benzene rings is 1. The van der Waals surface area contributed by atoms with Gasteiger partial charge in [0.2, 0.25) is 0 Å². The molecule has 1 saturated heterocycles. The molecule has 0 amide bonds. The molecule has 0 saturated carbocycles. The van der Waals surface area contributed by atoms with E-state index in [2.05, 4.69) is 41.4 Å². The molecule has 1 aliphatic heterocycles. The molecular formula is C15H24N2O2. The third-order valence-electron chi connectivity index (χ3n) is 3.36. The van der Waals surface area contributed by atoms with Crippen LogP contribution in [-0.2, 0) is 11.3 Å². The van der Waals surface area contributed by atoms with Gasteiger partial charge in [-0.3, -0.25) is 4.90 Å². The number of rotatable bonds is 6. The molecule has 106 valence electrons. The van der Waals surface area contributed by atoms with Crippen LogP contribution >= 0.6 is 0 Å². The fourth-order valence-electron chi connectivity index (χ4n) is 2.35. The second-order valence-electron chi connectivity index (χ2n) is 5.19. The molecule has 1 fully saturated rings. The number of hydrogen-bond donors (Lipinski definition) is 2. The monoisotopic (exact) mass is 264 g/mol. The molecule has 1 atom stereocenters. The number of aliphatic hydroxyl groups excluding tert-OH is 1. The predicted molar refractivity (Wildman–Crippen MR) is 76.2 cm³/mol. The summed E-state index contributed by atoms with van der Waals surface area (Å²) in [5.41, 5.74) is 2.53. The Morgan fingerprint density at radius 2 is 2.16 bits per heavy atom. The van der Waals surface area contributed by atoms with Crippen LogP contribution in [0.2, 0.25) is 0 Å². The third-order valence-corrected chi connectivity index (χ3v) is 3.36. The van der Waals surface area contributed by atoms with Crippen LogP contribution in [0, 0.1) is 6.92 Å². The van der Waals surface area contributed by atoms with Gasteiger partial charge in [0.1, 0.15) is 0 Å². The van der Waals surface area contributed by atoms with Crippen LogP contribution in [0.5, 0.6) is 0 Å². The number of hydrogen-bond acceptors (Lipinski definition) is 4. The topological polar surface area (TPSA) is 44.7 Å². The first kappa shape index (κ1) is 14.5. The van der Waals surface area contributed by atoms with E-state index in [1.54, 1.807) is 0 Å². The van der Waals surface area contributed by atoms with E-state index in [0.717, 1.165) is 39.4 Å². The average molecular weight is 264 g/mol. The van der Waals surface area contributed by atoms with Gasteiger partial charge in [-0.15, -0.1) is 0 Å². The quantitative estimate of drug-likeness (QED) is 0.797. The summed E-state index contributed by atoms with van der Waals surface area (Å²) >= 11 is 0. The Labute approximate surface area is 115 Å². The molecule has 1 heterocycles. The molecule has 1 aromatic carbocycles. The zero-order valence-corrected chi connectivity index (χ0v) is 11.6. The Balaban J connectivity index is 1.64. The van der Waals surface area contributed by atoms with Crippen molar-refractivity contribution in [3.8, 4) is 0 Å². The fraction of sp³-hybridized carbons (Fsp3) is 0.600. The van der Waals surface area contributed by atoms with Gasteiger partial charge in [-0.05, 0) is 12.5 Å². The normalized spacial score (nSPS) is 18.4. The van der Waals surface area contributed by atoms with Gasteiger partial charge in [0.25, 0.3) is 0 Å². The highest BCUT2D eigenvalue weighted by Crippen LogP contribution is 2.03. The van der Waals surface area contributed by atoms with Crippen molar-refractivity contribution in [2.45, 2.75) is 19.6 Å². The van der Waals surface area contributed by atoms with Crippen molar-refractivity contribution in [3.63, 3.8) is 0 Å². The highest BCUT2D eigenvalue weighted by Gasteiger charge is 2.14. The van der Waals surface area contributed by atoms with Crippen LogP contribution in [0.1, 0.15) is 11.1 Å². The van der Waals surface area contributed by atoms with Crippen LogP contribution in [0.15, 0.2) is 24.3 Å². The van der Waals surface area contributed by atoms with Crippen molar-refractivity contribution in [2.75, 3.05) is 39.4 Å². The molecule has 0 spiro atoms. The lowest BCUT2D eigenvalue weighted by Gasteiger charge is -2.28. The lowest BCUT2D eigenvalue weighted by Crippen LogP contribution is -2.43. The number of nitrogens with zero attached hydrogens (tertiary/aromatic N) is 1. The first-order valence-electron chi connectivity index (χ1n) is 6.98. The largest absolute Gasteiger partial charge is 0.390 e. The van der Waals surface area contributed by atoms with Gasteiger partial charge in [0.05, 0.1) is 19.3 Å². The van der Waals surface area contributed by atoms with Gasteiger partial charge in [-0.2, -0.15) is 0 Å². The van der Waals surface area contributed by atoms with E-state index in [1.165, 1.54) is 11.1 Å². The van der Waals surface area contributed by atoms with Gasteiger partial charge < -0.3 is 15.2 Å². The number of β-amino-alcohol motifs (C(OH)–C–C–N with tert-alkyl or cyclic N) is 1. The standard InChI is InChI=1S/C15H24N2O2/c1-13-3-2-4-14(9-13)10-16-11-15(18)12-17-5-7-19-8-6-17/h2-4,9,15-16,18H,5-8,10-12H2,1H3. The summed E-state index contributed by atoms with van der Waals surface area (Å²) in [6.07, 6.45) is -0.317. The third kappa shape index (κ3) is 5.28. The molecule has 0 radical (unpaired) electrons. The smallest absolute Gasteiger partial charge is 0.0791 e. The number of aliphatic hydroxyl groups is 1. The van der Waals surface area contributed by atoms with E-state index < -0.39 is 0 Å². The molecule has 4 heteroatoms. The van der Waals surface area contributed by atoms with E-state index in [1.807, 2.05) is 0 Å². The van der Waals surface area contributed by atoms with Gasteiger partial charge in [0, 0.05) is 32.7 Å². The Bertz CT molecular complexity index is 378. The van der Waals surface area contributed by atoms with Crippen molar-refractivity contribution in [1.82, 2.24) is 10.2 Å². The highest BCUT2D eigenvalue weighted by molar-refractivity contribution is 5.21. The van der Waals surface area contributed by atoms with Gasteiger partial charge in [-0.1, -0.05) is 29.8 Å². The maximum atomic E-state index is 9.99. The number of morpholine rings is 1. The SMILES string of the molecule is Cc1cccc(CNCC(O)CN2CCOCC2)c1. The minimum atomic E-state index is -0.317. The molecule has 19 heavy (non-hydrogen) atoms. The van der Waals surface area contributed by atoms with Crippen molar-refractivity contribution in [1.29, 1.82) is 0 Å². The van der Waals surface area contributed by atoms with Crippen LogP contribution in [0.3, 0.4) is 0 Å². The number of ether oxygens (including phenoxy) is 1. The summed E-state index contributed by atoms with van der Waals surface area (Å²) in [7, 11) is 0. The second kappa shape index (κ2) is 7.60. The molecule has 0 aromatic heterocycles. The average Bonchev–Trinajstić information content (AvgIpc) is 2.40. The van der Waals surface area contributed by atoms with Crippen molar-refractivity contribution in [3.05, 3.63) is 35.4 Å². The minimum Gasteiger partial charge on any atom is -0.390 e. The van der Waals surface area contributed by atoms with Gasteiger partial charge >= 0.3 is 0 Å². The van der Waals surface area contributed by atoms with E-state index in [-0.39, 0.29) is 6.10 Å². The van der Waals surface area contributed by atoms with Crippen molar-refractivity contribution < 1.29 is 9.84 Å². The summed E-state index contributed by atoms with van der Waals surface area (Å²) in [5.74, 6) is 0. The second-order valence-corrected chi connectivity index (χ2v) is 5.19. The Morgan fingerprint density at radius 3 is 2.89 bits per heavy atom. The Hall–Kier alpha value is -0.940. The molecule has 4 nitrogen and oxygen atoms in total. The highest BCUT2D eigenvalue weighted by atomic mass is 16.5. The molecule has 2 rings (SSSR count). The molecule has 1 aromatic rings. The zero-order chi connectivity index (χ0) is 13.5. The summed E-state index contributed by atoms with van der Waals surface area (Å²) in [6, 6.07) is 8.43. The van der Waals surface area contributed by atoms with Crippen LogP contribution in [-0.4, -0.2) is 55.5 Å². The summed E-state index contributed by atoms with van der Waals surface area (Å²) in [4.78, 5) is 2.25. The fourth-order valence-corrected chi connectivity index (χ4v) is 2.35. The van der Waals surface area contributed by atoms with E-state index in [0.29, 0.717) is 6.54 Å². The van der Waals surface area contributed by atoms with E-state index in [4.69, 9.17) is 4.74 Å². The predicted octanol–water partition coefficient (Wildman–Crippen LogP) is 0.778. The maximum Gasteiger partial charge on any atom is 0.0791 e. The zero-order valence-electron chi connectivity index (χ0n) is 11.6. The lowest BCUT2D eigenvalue weighted by atomic mass is 10.1. The molecule has 1 unspecified atom stereocenters. The first-order chi connectivity index (χ1) is 9.24. The Morgan fingerprint density at radius 1 is 1.37 bits per heavy atom. The summed E-state index contributed by atoms with van der Waals surface area (Å²) in [5, 5.41) is 13.3. The van der Waals surface area contributed by atoms with Gasteiger partial charge in [0.15, 0.2) is 0 Å². The van der Waals surface area contributed by atoms with Crippen LogP contribution in [0.4, 0.5) is 0 Å². The van der Waals surface area contributed by atoms with Crippen LogP contribution in [0.25, 0.3) is 0 Å². The molecule has 0 bridgehead atoms. The van der Waals surface area contributed by atoms with Crippen LogP contribution < -0.4 is 5.32 Å².